The molecule has 0 aromatic carbocycles. The number of hydrogen-bond acceptors (Lipinski definition) is 6. The molecule has 0 N–H and O–H groups in total. The minimum atomic E-state index is -0.768. The average Bonchev–Trinajstić information content (AvgIpc) is 3.37. The Morgan fingerprint density at radius 2 is 0.465 bits per heavy atom. The first-order valence-electron chi connectivity index (χ1n) is 31.8. The summed E-state index contributed by atoms with van der Waals surface area (Å²) in [4.78, 5) is 37.9. The first kappa shape index (κ1) is 68.9. The van der Waals surface area contributed by atoms with Gasteiger partial charge >= 0.3 is 17.9 Å². The second-order valence-electron chi connectivity index (χ2n) is 21.7. The summed E-state index contributed by atoms with van der Waals surface area (Å²) in [6.45, 7) is 6.61. The van der Waals surface area contributed by atoms with E-state index in [1.165, 1.54) is 250 Å². The summed E-state index contributed by atoms with van der Waals surface area (Å²) < 4.78 is 16.8. The summed E-state index contributed by atoms with van der Waals surface area (Å²) in [7, 11) is 0. The van der Waals surface area contributed by atoms with Gasteiger partial charge in [0.2, 0.25) is 0 Å². The van der Waals surface area contributed by atoms with E-state index < -0.39 is 6.10 Å². The average molecular weight is 1000 g/mol. The number of ether oxygens (including phenoxy) is 3. The fraction of sp³-hybridized carbons (Fsp3) is 0.892. The zero-order valence-corrected chi connectivity index (χ0v) is 48.0. The third kappa shape index (κ3) is 58.7. The van der Waals surface area contributed by atoms with E-state index in [4.69, 9.17) is 14.2 Å². The van der Waals surface area contributed by atoms with Crippen molar-refractivity contribution >= 4 is 17.9 Å². The molecule has 0 heterocycles. The van der Waals surface area contributed by atoms with Crippen molar-refractivity contribution < 1.29 is 28.6 Å². The van der Waals surface area contributed by atoms with Crippen molar-refractivity contribution in [1.82, 2.24) is 0 Å². The molecule has 0 aromatic rings. The molecule has 0 saturated carbocycles. The Balaban J connectivity index is 3.89. The van der Waals surface area contributed by atoms with E-state index in [1.54, 1.807) is 0 Å². The van der Waals surface area contributed by atoms with Gasteiger partial charge in [0.1, 0.15) is 13.2 Å². The quantitative estimate of drug-likeness (QED) is 0.0261. The van der Waals surface area contributed by atoms with Crippen LogP contribution in [-0.2, 0) is 28.6 Å². The molecule has 0 aliphatic heterocycles. The third-order valence-electron chi connectivity index (χ3n) is 14.4. The Labute approximate surface area is 443 Å². The fourth-order valence-electron chi connectivity index (χ4n) is 9.61. The summed E-state index contributed by atoms with van der Waals surface area (Å²) in [6, 6.07) is 0. The Morgan fingerprint density at radius 3 is 0.704 bits per heavy atom. The number of allylic oxidation sites excluding steroid dienone is 4. The summed E-state index contributed by atoms with van der Waals surface area (Å²) in [5.74, 6) is -0.870. The highest BCUT2D eigenvalue weighted by molar-refractivity contribution is 5.71. The lowest BCUT2D eigenvalue weighted by atomic mass is 10.0. The van der Waals surface area contributed by atoms with Crippen LogP contribution >= 0.6 is 0 Å². The predicted molar refractivity (Wildman–Crippen MR) is 307 cm³/mol. The van der Waals surface area contributed by atoms with E-state index in [1.807, 2.05) is 0 Å². The normalized spacial score (nSPS) is 12.1. The maximum absolute atomic E-state index is 12.8. The first-order valence-corrected chi connectivity index (χ1v) is 31.8. The molecule has 0 spiro atoms. The lowest BCUT2D eigenvalue weighted by Gasteiger charge is -2.18. The van der Waals surface area contributed by atoms with Crippen molar-refractivity contribution in [2.24, 2.45) is 0 Å². The molecule has 418 valence electrons. The van der Waals surface area contributed by atoms with Gasteiger partial charge in [0, 0.05) is 19.3 Å². The lowest BCUT2D eigenvalue weighted by Crippen LogP contribution is -2.30. The van der Waals surface area contributed by atoms with Gasteiger partial charge in [0.15, 0.2) is 6.10 Å². The first-order chi connectivity index (χ1) is 35.0. The molecule has 71 heavy (non-hydrogen) atoms. The van der Waals surface area contributed by atoms with E-state index in [-0.39, 0.29) is 31.1 Å². The monoisotopic (exact) mass is 999 g/mol. The van der Waals surface area contributed by atoms with Gasteiger partial charge in [-0.1, -0.05) is 289 Å². The lowest BCUT2D eigenvalue weighted by molar-refractivity contribution is -0.167. The molecule has 0 aliphatic carbocycles. The second kappa shape index (κ2) is 60.4. The predicted octanol–water partition coefficient (Wildman–Crippen LogP) is 21.4. The smallest absolute Gasteiger partial charge is 0.306 e. The topological polar surface area (TPSA) is 78.9 Å². The van der Waals surface area contributed by atoms with Crippen LogP contribution in [0.25, 0.3) is 0 Å². The van der Waals surface area contributed by atoms with Gasteiger partial charge in [-0.3, -0.25) is 14.4 Å². The number of carbonyl (C=O) groups is 3. The molecule has 1 atom stereocenters. The number of hydrogen-bond donors (Lipinski definition) is 0. The molecule has 6 nitrogen and oxygen atoms in total. The molecule has 0 radical (unpaired) electrons. The summed E-state index contributed by atoms with van der Waals surface area (Å²) in [6.07, 6.45) is 72.5. The van der Waals surface area contributed by atoms with E-state index in [0.717, 1.165) is 64.2 Å². The molecular formula is C65H122O6. The number of rotatable bonds is 59. The van der Waals surface area contributed by atoms with Crippen LogP contribution in [0.4, 0.5) is 0 Å². The molecule has 6 heteroatoms. The summed E-state index contributed by atoms with van der Waals surface area (Å²) in [5.41, 5.74) is 0. The van der Waals surface area contributed by atoms with Gasteiger partial charge in [-0.05, 0) is 70.6 Å². The molecule has 0 bridgehead atoms. The van der Waals surface area contributed by atoms with Crippen LogP contribution < -0.4 is 0 Å². The van der Waals surface area contributed by atoms with Gasteiger partial charge in [-0.15, -0.1) is 0 Å². The molecule has 0 amide bonds. The Hall–Kier alpha value is -2.11. The highest BCUT2D eigenvalue weighted by Gasteiger charge is 2.19. The Bertz CT molecular complexity index is 1150. The Kier molecular flexibility index (Phi) is 58.6. The molecule has 0 aliphatic rings. The number of carbonyl (C=O) groups excluding carboxylic acids is 3. The highest BCUT2D eigenvalue weighted by Crippen LogP contribution is 2.18. The maximum atomic E-state index is 12.8. The zero-order valence-electron chi connectivity index (χ0n) is 48.0. The van der Waals surface area contributed by atoms with Crippen molar-refractivity contribution in [1.29, 1.82) is 0 Å². The molecule has 1 unspecified atom stereocenters. The minimum Gasteiger partial charge on any atom is -0.462 e. The van der Waals surface area contributed by atoms with Crippen LogP contribution in [-0.4, -0.2) is 37.2 Å². The standard InChI is InChI=1S/C65H122O6/c1-4-7-10-13-16-18-20-22-24-25-26-27-28-29-30-31-32-33-34-35-36-37-38-39-40-41-42-44-45-47-49-52-55-58-64(67)70-61-62(60-69-63(66)57-54-51-15-12-9-6-3)71-65(68)59-56-53-50-48-46-43-23-21-19-17-14-11-8-5-2/h21,23,25-26,62H,4-20,22,24,27-61H2,1-3H3/b23-21-,26-25-. The van der Waals surface area contributed by atoms with Crippen molar-refractivity contribution in [2.75, 3.05) is 13.2 Å². The third-order valence-corrected chi connectivity index (χ3v) is 14.4. The van der Waals surface area contributed by atoms with E-state index >= 15 is 0 Å². The van der Waals surface area contributed by atoms with Crippen molar-refractivity contribution in [2.45, 2.75) is 361 Å². The van der Waals surface area contributed by atoms with Crippen molar-refractivity contribution in [3.05, 3.63) is 24.3 Å². The van der Waals surface area contributed by atoms with Gasteiger partial charge in [-0.25, -0.2) is 0 Å². The van der Waals surface area contributed by atoms with Crippen LogP contribution in [0.1, 0.15) is 355 Å². The summed E-state index contributed by atoms with van der Waals surface area (Å²) in [5, 5.41) is 0. The van der Waals surface area contributed by atoms with Crippen LogP contribution in [0.2, 0.25) is 0 Å². The highest BCUT2D eigenvalue weighted by atomic mass is 16.6. The molecule has 0 rings (SSSR count). The summed E-state index contributed by atoms with van der Waals surface area (Å²) >= 11 is 0. The molecule has 0 saturated heterocycles. The number of esters is 3. The van der Waals surface area contributed by atoms with Crippen molar-refractivity contribution in [3.8, 4) is 0 Å². The fourth-order valence-corrected chi connectivity index (χ4v) is 9.61. The zero-order chi connectivity index (χ0) is 51.4. The van der Waals surface area contributed by atoms with E-state index in [2.05, 4.69) is 45.1 Å². The largest absolute Gasteiger partial charge is 0.462 e. The molecular weight excluding hydrogens is 877 g/mol. The van der Waals surface area contributed by atoms with Crippen LogP contribution in [0.15, 0.2) is 24.3 Å². The van der Waals surface area contributed by atoms with Gasteiger partial charge < -0.3 is 14.2 Å². The van der Waals surface area contributed by atoms with E-state index in [9.17, 15) is 14.4 Å². The molecule has 0 aromatic heterocycles. The van der Waals surface area contributed by atoms with E-state index in [0.29, 0.717) is 19.3 Å². The van der Waals surface area contributed by atoms with Gasteiger partial charge in [-0.2, -0.15) is 0 Å². The second-order valence-corrected chi connectivity index (χ2v) is 21.7. The van der Waals surface area contributed by atoms with Crippen LogP contribution in [0.3, 0.4) is 0 Å². The SMILES string of the molecule is CCCCCCC/C=C\CCCCCCCC(=O)OC(COC(=O)CCCCCCCC)COC(=O)CCCCCCCCCCCCCCCCCCCCCCC/C=C\CCCCCCCCCC. The van der Waals surface area contributed by atoms with Crippen LogP contribution in [0.5, 0.6) is 0 Å². The van der Waals surface area contributed by atoms with Gasteiger partial charge in [0.05, 0.1) is 0 Å². The maximum Gasteiger partial charge on any atom is 0.306 e. The molecule has 0 fully saturated rings. The Morgan fingerprint density at radius 1 is 0.268 bits per heavy atom. The van der Waals surface area contributed by atoms with Crippen LogP contribution in [0, 0.1) is 0 Å². The van der Waals surface area contributed by atoms with Crippen molar-refractivity contribution in [3.63, 3.8) is 0 Å². The minimum absolute atomic E-state index is 0.0700. The van der Waals surface area contributed by atoms with Gasteiger partial charge in [0.25, 0.3) is 0 Å². The number of unbranched alkanes of at least 4 members (excludes halogenated alkanes) is 44.